The fraction of sp³-hybridized carbons (Fsp3) is 0.417. The zero-order valence-corrected chi connectivity index (χ0v) is 8.57. The molecule has 1 rings (SSSR count). The van der Waals surface area contributed by atoms with E-state index >= 15 is 0 Å². The first-order chi connectivity index (χ1) is 6.61. The van der Waals surface area contributed by atoms with Crippen LogP contribution in [0.25, 0.3) is 0 Å². The topological polar surface area (TPSA) is 40.1 Å². The molecule has 2 heteroatoms. The van der Waals surface area contributed by atoms with Crippen LogP contribution in [-0.4, -0.2) is 5.97 Å². The maximum absolute atomic E-state index is 10.6. The standard InChI is InChI=1S/C12H16O2/c1-9(10(2)12(13)14)8-11-6-4-3-5-7-11/h3-7,9-10H,8H2,1-2H3,(H,13,14)/p-1/t9-,10-/m0/s1. The molecule has 0 saturated carbocycles. The monoisotopic (exact) mass is 191 g/mol. The maximum atomic E-state index is 10.6. The molecule has 0 amide bonds. The number of carbonyl (C=O) groups is 1. The van der Waals surface area contributed by atoms with E-state index in [0.717, 1.165) is 6.42 Å². The molecule has 76 valence electrons. The first-order valence-corrected chi connectivity index (χ1v) is 4.86. The molecule has 0 aliphatic carbocycles. The minimum atomic E-state index is -0.964. The summed E-state index contributed by atoms with van der Waals surface area (Å²) in [7, 11) is 0. The lowest BCUT2D eigenvalue weighted by atomic mass is 9.90. The summed E-state index contributed by atoms with van der Waals surface area (Å²) in [4.78, 5) is 10.6. The molecule has 0 N–H and O–H groups in total. The van der Waals surface area contributed by atoms with Crippen molar-refractivity contribution in [1.82, 2.24) is 0 Å². The summed E-state index contributed by atoms with van der Waals surface area (Å²) in [5.41, 5.74) is 1.17. The van der Waals surface area contributed by atoms with Gasteiger partial charge in [-0.1, -0.05) is 44.2 Å². The summed E-state index contributed by atoms with van der Waals surface area (Å²) < 4.78 is 0. The smallest absolute Gasteiger partial charge is 0.0445 e. The fourth-order valence-corrected chi connectivity index (χ4v) is 1.39. The molecule has 0 unspecified atom stereocenters. The van der Waals surface area contributed by atoms with Gasteiger partial charge in [-0.2, -0.15) is 0 Å². The van der Waals surface area contributed by atoms with Gasteiger partial charge in [0.15, 0.2) is 0 Å². The van der Waals surface area contributed by atoms with E-state index in [9.17, 15) is 9.90 Å². The third-order valence-electron chi connectivity index (χ3n) is 2.63. The van der Waals surface area contributed by atoms with Crippen molar-refractivity contribution in [2.75, 3.05) is 0 Å². The molecule has 1 aromatic carbocycles. The minimum absolute atomic E-state index is 0.113. The SMILES string of the molecule is C[C@H](C(=O)[O-])[C@@H](C)Cc1ccccc1. The van der Waals surface area contributed by atoms with Crippen LogP contribution in [0.15, 0.2) is 30.3 Å². The van der Waals surface area contributed by atoms with Gasteiger partial charge >= 0.3 is 0 Å². The quantitative estimate of drug-likeness (QED) is 0.718. The number of carboxylic acid groups (broad SMARTS) is 1. The molecule has 2 atom stereocenters. The van der Waals surface area contributed by atoms with Crippen LogP contribution in [0, 0.1) is 11.8 Å². The number of hydrogen-bond donors (Lipinski definition) is 0. The zero-order valence-electron chi connectivity index (χ0n) is 8.57. The van der Waals surface area contributed by atoms with E-state index in [1.54, 1.807) is 6.92 Å². The first kappa shape index (κ1) is 10.8. The van der Waals surface area contributed by atoms with Crippen molar-refractivity contribution in [2.24, 2.45) is 11.8 Å². The Balaban J connectivity index is 2.57. The van der Waals surface area contributed by atoms with Gasteiger partial charge in [0.2, 0.25) is 0 Å². The third kappa shape index (κ3) is 2.87. The Morgan fingerprint density at radius 2 is 1.86 bits per heavy atom. The van der Waals surface area contributed by atoms with Gasteiger partial charge in [0.25, 0.3) is 0 Å². The number of hydrogen-bond acceptors (Lipinski definition) is 2. The second-order valence-corrected chi connectivity index (χ2v) is 3.77. The van der Waals surface area contributed by atoms with Gasteiger partial charge in [-0.25, -0.2) is 0 Å². The summed E-state index contributed by atoms with van der Waals surface area (Å²) in [6.45, 7) is 3.64. The number of carbonyl (C=O) groups excluding carboxylic acids is 1. The summed E-state index contributed by atoms with van der Waals surface area (Å²) >= 11 is 0. The fourth-order valence-electron chi connectivity index (χ4n) is 1.39. The summed E-state index contributed by atoms with van der Waals surface area (Å²) in [6.07, 6.45) is 0.788. The number of rotatable bonds is 4. The molecule has 0 saturated heterocycles. The Morgan fingerprint density at radius 3 is 2.36 bits per heavy atom. The van der Waals surface area contributed by atoms with Crippen LogP contribution >= 0.6 is 0 Å². The molecule has 14 heavy (non-hydrogen) atoms. The summed E-state index contributed by atoms with van der Waals surface area (Å²) in [6, 6.07) is 9.91. The minimum Gasteiger partial charge on any atom is -0.550 e. The Labute approximate surface area is 84.6 Å². The molecule has 2 nitrogen and oxygen atoms in total. The predicted molar refractivity (Wildman–Crippen MR) is 53.5 cm³/mol. The molecule has 1 aromatic rings. The Bertz CT molecular complexity index is 292. The van der Waals surface area contributed by atoms with E-state index in [4.69, 9.17) is 0 Å². The second-order valence-electron chi connectivity index (χ2n) is 3.77. The zero-order chi connectivity index (χ0) is 10.6. The molecule has 0 radical (unpaired) electrons. The third-order valence-corrected chi connectivity index (χ3v) is 2.63. The molecule has 0 fully saturated rings. The molecule has 0 heterocycles. The number of aliphatic carboxylic acids is 1. The average Bonchev–Trinajstić information content (AvgIpc) is 2.18. The van der Waals surface area contributed by atoms with Crippen LogP contribution in [0.3, 0.4) is 0 Å². The molecule has 0 aliphatic rings. The maximum Gasteiger partial charge on any atom is 0.0445 e. The van der Waals surface area contributed by atoms with E-state index in [-0.39, 0.29) is 5.92 Å². The van der Waals surface area contributed by atoms with Gasteiger partial charge in [-0.15, -0.1) is 0 Å². The van der Waals surface area contributed by atoms with Crippen molar-refractivity contribution >= 4 is 5.97 Å². The molecular weight excluding hydrogens is 176 g/mol. The van der Waals surface area contributed by atoms with Gasteiger partial charge in [0.1, 0.15) is 0 Å². The van der Waals surface area contributed by atoms with Crippen LogP contribution in [0.5, 0.6) is 0 Å². The highest BCUT2D eigenvalue weighted by molar-refractivity contribution is 5.67. The average molecular weight is 191 g/mol. The van der Waals surface area contributed by atoms with Gasteiger partial charge in [0, 0.05) is 5.97 Å². The highest BCUT2D eigenvalue weighted by atomic mass is 16.4. The first-order valence-electron chi connectivity index (χ1n) is 4.86. The predicted octanol–water partition coefficient (Wildman–Crippen LogP) is 1.25. The lowest BCUT2D eigenvalue weighted by molar-refractivity contribution is -0.312. The summed E-state index contributed by atoms with van der Waals surface area (Å²) in [5, 5.41) is 10.6. The van der Waals surface area contributed by atoms with Crippen molar-refractivity contribution in [3.05, 3.63) is 35.9 Å². The highest BCUT2D eigenvalue weighted by Crippen LogP contribution is 2.16. The van der Waals surface area contributed by atoms with E-state index < -0.39 is 11.9 Å². The van der Waals surface area contributed by atoms with Crippen LogP contribution in [0.4, 0.5) is 0 Å². The second kappa shape index (κ2) is 4.80. The summed E-state index contributed by atoms with van der Waals surface area (Å²) in [5.74, 6) is -1.24. The molecule has 0 spiro atoms. The van der Waals surface area contributed by atoms with Crippen molar-refractivity contribution in [3.8, 4) is 0 Å². The molecule has 0 bridgehead atoms. The number of carboxylic acids is 1. The van der Waals surface area contributed by atoms with E-state index in [0.29, 0.717) is 0 Å². The van der Waals surface area contributed by atoms with Gasteiger partial charge in [-0.3, -0.25) is 0 Å². The van der Waals surface area contributed by atoms with Gasteiger partial charge in [-0.05, 0) is 23.8 Å². The normalized spacial score (nSPS) is 14.7. The van der Waals surface area contributed by atoms with Crippen molar-refractivity contribution in [1.29, 1.82) is 0 Å². The Kier molecular flexibility index (Phi) is 3.69. The molecule has 0 aromatic heterocycles. The Hall–Kier alpha value is -1.31. The molecular formula is C12H15O2-. The van der Waals surface area contributed by atoms with Crippen LogP contribution in [-0.2, 0) is 11.2 Å². The van der Waals surface area contributed by atoms with Crippen molar-refractivity contribution in [2.45, 2.75) is 20.3 Å². The van der Waals surface area contributed by atoms with Crippen LogP contribution in [0.2, 0.25) is 0 Å². The van der Waals surface area contributed by atoms with Gasteiger partial charge in [0.05, 0.1) is 0 Å². The lowest BCUT2D eigenvalue weighted by Crippen LogP contribution is -2.33. The van der Waals surface area contributed by atoms with Crippen molar-refractivity contribution in [3.63, 3.8) is 0 Å². The van der Waals surface area contributed by atoms with Crippen LogP contribution in [0.1, 0.15) is 19.4 Å². The van der Waals surface area contributed by atoms with Gasteiger partial charge < -0.3 is 9.90 Å². The lowest BCUT2D eigenvalue weighted by Gasteiger charge is -2.20. The van der Waals surface area contributed by atoms with Crippen LogP contribution < -0.4 is 5.11 Å². The Morgan fingerprint density at radius 1 is 1.29 bits per heavy atom. The highest BCUT2D eigenvalue weighted by Gasteiger charge is 2.13. The van der Waals surface area contributed by atoms with Crippen molar-refractivity contribution < 1.29 is 9.90 Å². The number of benzene rings is 1. The molecule has 0 aliphatic heterocycles. The van der Waals surface area contributed by atoms with E-state index in [2.05, 4.69) is 0 Å². The largest absolute Gasteiger partial charge is 0.550 e. The van der Waals surface area contributed by atoms with E-state index in [1.165, 1.54) is 5.56 Å². The van der Waals surface area contributed by atoms with E-state index in [1.807, 2.05) is 37.3 Å².